The molecule has 0 bridgehead atoms. The first-order valence-electron chi connectivity index (χ1n) is 6.39. The van der Waals surface area contributed by atoms with Crippen LogP contribution in [-0.2, 0) is 6.54 Å². The topological polar surface area (TPSA) is 32.5 Å². The number of likely N-dealkylation sites (N-methyl/N-ethyl adjacent to an activating group) is 1. The Labute approximate surface area is 112 Å². The van der Waals surface area contributed by atoms with E-state index in [1.807, 2.05) is 17.4 Å². The summed E-state index contributed by atoms with van der Waals surface area (Å²) in [4.78, 5) is 4.92. The molecule has 1 saturated heterocycles. The molecule has 3 nitrogen and oxygen atoms in total. The smallest absolute Gasteiger partial charge is 0.0347 e. The Bertz CT molecular complexity index is 541. The lowest BCUT2D eigenvalue weighted by Crippen LogP contribution is -2.43. The molecule has 0 spiro atoms. The molecule has 3 rings (SSSR count). The summed E-state index contributed by atoms with van der Waals surface area (Å²) >= 11 is 1.82. The fourth-order valence-corrected chi connectivity index (χ4v) is 3.40. The van der Waals surface area contributed by atoms with E-state index in [4.69, 9.17) is 5.73 Å². The first kappa shape index (κ1) is 12.0. The highest BCUT2D eigenvalue weighted by molar-refractivity contribution is 7.17. The second kappa shape index (κ2) is 4.88. The molecule has 1 aromatic carbocycles. The highest BCUT2D eigenvalue weighted by Crippen LogP contribution is 2.28. The van der Waals surface area contributed by atoms with Gasteiger partial charge in [0.15, 0.2) is 0 Å². The third kappa shape index (κ3) is 2.36. The fraction of sp³-hybridized carbons (Fsp3) is 0.429. The Morgan fingerprint density at radius 3 is 2.78 bits per heavy atom. The zero-order chi connectivity index (χ0) is 12.5. The Morgan fingerprint density at radius 2 is 2.00 bits per heavy atom. The number of rotatable bonds is 2. The molecule has 0 aliphatic carbocycles. The van der Waals surface area contributed by atoms with Crippen molar-refractivity contribution in [3.8, 4) is 0 Å². The van der Waals surface area contributed by atoms with E-state index in [1.165, 1.54) is 28.7 Å². The van der Waals surface area contributed by atoms with Crippen LogP contribution in [0.15, 0.2) is 23.6 Å². The SMILES string of the molecule is CN1CCN(Cc2csc3ccc(N)cc23)CC1. The summed E-state index contributed by atoms with van der Waals surface area (Å²) in [6.45, 7) is 5.72. The lowest BCUT2D eigenvalue weighted by Gasteiger charge is -2.32. The van der Waals surface area contributed by atoms with E-state index in [-0.39, 0.29) is 0 Å². The quantitative estimate of drug-likeness (QED) is 0.842. The van der Waals surface area contributed by atoms with Crippen molar-refractivity contribution in [2.24, 2.45) is 0 Å². The lowest BCUT2D eigenvalue weighted by atomic mass is 10.1. The van der Waals surface area contributed by atoms with Crippen molar-refractivity contribution in [1.82, 2.24) is 9.80 Å². The molecule has 18 heavy (non-hydrogen) atoms. The van der Waals surface area contributed by atoms with E-state index >= 15 is 0 Å². The van der Waals surface area contributed by atoms with E-state index < -0.39 is 0 Å². The average molecular weight is 261 g/mol. The van der Waals surface area contributed by atoms with Gasteiger partial charge in [-0.2, -0.15) is 0 Å². The van der Waals surface area contributed by atoms with Gasteiger partial charge in [0, 0.05) is 43.1 Å². The molecule has 0 unspecified atom stereocenters. The molecule has 4 heteroatoms. The van der Waals surface area contributed by atoms with Crippen molar-refractivity contribution < 1.29 is 0 Å². The van der Waals surface area contributed by atoms with Crippen LogP contribution in [-0.4, -0.2) is 43.0 Å². The zero-order valence-electron chi connectivity index (χ0n) is 10.7. The van der Waals surface area contributed by atoms with Crippen LogP contribution in [0.5, 0.6) is 0 Å². The molecule has 2 aromatic rings. The Hall–Kier alpha value is -1.10. The van der Waals surface area contributed by atoms with Gasteiger partial charge in [-0.25, -0.2) is 0 Å². The predicted molar refractivity (Wildman–Crippen MR) is 79.0 cm³/mol. The molecular formula is C14H19N3S. The average Bonchev–Trinajstić information content (AvgIpc) is 2.75. The van der Waals surface area contributed by atoms with Crippen molar-refractivity contribution in [2.75, 3.05) is 39.0 Å². The minimum atomic E-state index is 0.862. The second-order valence-corrected chi connectivity index (χ2v) is 6.01. The minimum Gasteiger partial charge on any atom is -0.399 e. The summed E-state index contributed by atoms with van der Waals surface area (Å²) in [6, 6.07) is 6.22. The van der Waals surface area contributed by atoms with Crippen molar-refractivity contribution in [3.63, 3.8) is 0 Å². The Morgan fingerprint density at radius 1 is 1.22 bits per heavy atom. The van der Waals surface area contributed by atoms with Gasteiger partial charge in [-0.05, 0) is 41.6 Å². The first-order valence-corrected chi connectivity index (χ1v) is 7.27. The molecule has 2 N–H and O–H groups in total. The predicted octanol–water partition coefficient (Wildman–Crippen LogP) is 2.23. The number of hydrogen-bond acceptors (Lipinski definition) is 4. The normalized spacial score (nSPS) is 18.5. The van der Waals surface area contributed by atoms with Gasteiger partial charge in [-0.15, -0.1) is 11.3 Å². The number of nitrogens with zero attached hydrogens (tertiary/aromatic N) is 2. The third-order valence-electron chi connectivity index (χ3n) is 3.67. The molecular weight excluding hydrogens is 242 g/mol. The van der Waals surface area contributed by atoms with Crippen molar-refractivity contribution in [3.05, 3.63) is 29.1 Å². The molecule has 1 aliphatic rings. The molecule has 0 atom stereocenters. The van der Waals surface area contributed by atoms with Crippen molar-refractivity contribution >= 4 is 27.1 Å². The Balaban J connectivity index is 1.80. The maximum absolute atomic E-state index is 5.89. The van der Waals surface area contributed by atoms with Crippen LogP contribution in [0, 0.1) is 0 Å². The fourth-order valence-electron chi connectivity index (χ4n) is 2.47. The van der Waals surface area contributed by atoms with Crippen LogP contribution in [0.2, 0.25) is 0 Å². The summed E-state index contributed by atoms with van der Waals surface area (Å²) in [6.07, 6.45) is 0. The number of nitrogens with two attached hydrogens (primary N) is 1. The van der Waals surface area contributed by atoms with E-state index in [1.54, 1.807) is 0 Å². The molecule has 1 fully saturated rings. The summed E-state index contributed by atoms with van der Waals surface area (Å²) in [5, 5.41) is 3.61. The largest absolute Gasteiger partial charge is 0.399 e. The van der Waals surface area contributed by atoms with Crippen LogP contribution in [0.1, 0.15) is 5.56 Å². The molecule has 0 radical (unpaired) electrons. The van der Waals surface area contributed by atoms with E-state index in [0.717, 1.165) is 25.3 Å². The molecule has 96 valence electrons. The van der Waals surface area contributed by atoms with E-state index in [0.29, 0.717) is 0 Å². The second-order valence-electron chi connectivity index (χ2n) is 5.10. The summed E-state index contributed by atoms with van der Waals surface area (Å²) < 4.78 is 1.34. The van der Waals surface area contributed by atoms with Gasteiger partial charge in [-0.3, -0.25) is 4.90 Å². The Kier molecular flexibility index (Phi) is 3.24. The molecule has 2 heterocycles. The van der Waals surface area contributed by atoms with Crippen LogP contribution in [0.25, 0.3) is 10.1 Å². The zero-order valence-corrected chi connectivity index (χ0v) is 11.5. The van der Waals surface area contributed by atoms with E-state index in [2.05, 4.69) is 34.4 Å². The lowest BCUT2D eigenvalue weighted by molar-refractivity contribution is 0.148. The number of hydrogen-bond donors (Lipinski definition) is 1. The van der Waals surface area contributed by atoms with Gasteiger partial charge in [0.05, 0.1) is 0 Å². The van der Waals surface area contributed by atoms with Crippen molar-refractivity contribution in [2.45, 2.75) is 6.54 Å². The summed E-state index contributed by atoms with van der Waals surface area (Å²) in [5.74, 6) is 0. The minimum absolute atomic E-state index is 0.862. The van der Waals surface area contributed by atoms with Crippen LogP contribution in [0.4, 0.5) is 5.69 Å². The van der Waals surface area contributed by atoms with Gasteiger partial charge in [0.2, 0.25) is 0 Å². The molecule has 0 amide bonds. The van der Waals surface area contributed by atoms with Crippen LogP contribution >= 0.6 is 11.3 Å². The highest BCUT2D eigenvalue weighted by Gasteiger charge is 2.15. The van der Waals surface area contributed by atoms with Gasteiger partial charge in [0.1, 0.15) is 0 Å². The van der Waals surface area contributed by atoms with Gasteiger partial charge < -0.3 is 10.6 Å². The number of fused-ring (bicyclic) bond motifs is 1. The number of nitrogen functional groups attached to an aromatic ring is 1. The van der Waals surface area contributed by atoms with Crippen molar-refractivity contribution in [1.29, 1.82) is 0 Å². The number of piperazine rings is 1. The van der Waals surface area contributed by atoms with Gasteiger partial charge in [0.25, 0.3) is 0 Å². The highest BCUT2D eigenvalue weighted by atomic mass is 32.1. The molecule has 0 saturated carbocycles. The molecule has 1 aliphatic heterocycles. The number of thiophene rings is 1. The van der Waals surface area contributed by atoms with Gasteiger partial charge in [-0.1, -0.05) is 0 Å². The standard InChI is InChI=1S/C14H19N3S/c1-16-4-6-17(7-5-16)9-11-10-18-14-3-2-12(15)8-13(11)14/h2-3,8,10H,4-7,9,15H2,1H3. The third-order valence-corrected chi connectivity index (χ3v) is 4.68. The van der Waals surface area contributed by atoms with Crippen LogP contribution < -0.4 is 5.73 Å². The maximum atomic E-state index is 5.89. The molecule has 1 aromatic heterocycles. The van der Waals surface area contributed by atoms with E-state index in [9.17, 15) is 0 Å². The maximum Gasteiger partial charge on any atom is 0.0347 e. The number of benzene rings is 1. The monoisotopic (exact) mass is 261 g/mol. The summed E-state index contributed by atoms with van der Waals surface area (Å²) in [7, 11) is 2.19. The van der Waals surface area contributed by atoms with Crippen LogP contribution in [0.3, 0.4) is 0 Å². The first-order chi connectivity index (χ1) is 8.72. The van der Waals surface area contributed by atoms with Gasteiger partial charge >= 0.3 is 0 Å². The summed E-state index contributed by atoms with van der Waals surface area (Å²) in [5.41, 5.74) is 8.17. The number of anilines is 1.